The van der Waals surface area contributed by atoms with Gasteiger partial charge < -0.3 is 0 Å². The van der Waals surface area contributed by atoms with Gasteiger partial charge in [0.1, 0.15) is 0 Å². The van der Waals surface area contributed by atoms with Gasteiger partial charge in [-0.05, 0) is 13.8 Å². The lowest BCUT2D eigenvalue weighted by molar-refractivity contribution is 0.103. The van der Waals surface area contributed by atoms with Crippen LogP contribution in [0.4, 0.5) is 0 Å². The Morgan fingerprint density at radius 2 is 1.00 bits per heavy atom. The Morgan fingerprint density at radius 1 is 0.706 bits per heavy atom. The molecule has 0 atom stereocenters. The Morgan fingerprint density at radius 3 is 1.29 bits per heavy atom. The zero-order valence-corrected chi connectivity index (χ0v) is 9.53. The Balaban J connectivity index is 0.00000144. The van der Waals surface area contributed by atoms with Gasteiger partial charge in [-0.3, -0.25) is 4.79 Å². The highest BCUT2D eigenvalue weighted by molar-refractivity contribution is 6.08. The van der Waals surface area contributed by atoms with Crippen molar-refractivity contribution < 1.29 is 4.79 Å². The zero-order valence-electron chi connectivity index (χ0n) is 9.53. The number of carbonyl (C=O) groups excluding carboxylic acids is 1. The van der Waals surface area contributed by atoms with Crippen molar-refractivity contribution in [2.45, 2.75) is 21.3 Å². The van der Waals surface area contributed by atoms with Crippen LogP contribution < -0.4 is 0 Å². The maximum absolute atomic E-state index is 12.1. The summed E-state index contributed by atoms with van der Waals surface area (Å²) in [6, 6.07) is 15.3. The zero-order chi connectivity index (χ0) is 11.5. The number of ketones is 1. The van der Waals surface area contributed by atoms with Gasteiger partial charge in [-0.2, -0.15) is 0 Å². The molecule has 0 fully saturated rings. The fourth-order valence-electron chi connectivity index (χ4n) is 1.58. The lowest BCUT2D eigenvalue weighted by Crippen LogP contribution is -2.00. The molecule has 1 nitrogen and oxygen atoms in total. The van der Waals surface area contributed by atoms with Gasteiger partial charge in [-0.1, -0.05) is 67.1 Å². The first-order valence-electron chi connectivity index (χ1n) is 5.35. The predicted octanol–water partition coefficient (Wildman–Crippen LogP) is 4.17. The summed E-state index contributed by atoms with van der Waals surface area (Å²) in [7, 11) is 0. The van der Waals surface area contributed by atoms with E-state index in [1.165, 1.54) is 11.1 Å². The number of hydrogen-bond donors (Lipinski definition) is 0. The van der Waals surface area contributed by atoms with E-state index in [1.807, 2.05) is 62.4 Å². The second-order valence-electron chi connectivity index (χ2n) is 4.06. The fourth-order valence-corrected chi connectivity index (χ4v) is 1.58. The molecule has 88 valence electrons. The van der Waals surface area contributed by atoms with Crippen LogP contribution in [0.3, 0.4) is 0 Å². The van der Waals surface area contributed by atoms with E-state index in [4.69, 9.17) is 0 Å². The van der Waals surface area contributed by atoms with Crippen LogP contribution in [0.2, 0.25) is 0 Å². The summed E-state index contributed by atoms with van der Waals surface area (Å²) in [5, 5.41) is 0. The van der Waals surface area contributed by atoms with Crippen LogP contribution >= 0.6 is 0 Å². The molecule has 0 heterocycles. The monoisotopic (exact) mass is 226 g/mol. The minimum Gasteiger partial charge on any atom is -0.289 e. The molecule has 0 unspecified atom stereocenters. The second-order valence-corrected chi connectivity index (χ2v) is 4.06. The predicted molar refractivity (Wildman–Crippen MR) is 72.5 cm³/mol. The van der Waals surface area contributed by atoms with Crippen LogP contribution in [0.25, 0.3) is 0 Å². The Kier molecular flexibility index (Phi) is 4.22. The van der Waals surface area contributed by atoms with Gasteiger partial charge in [0, 0.05) is 11.1 Å². The smallest absolute Gasteiger partial charge is 0.193 e. The highest BCUT2D eigenvalue weighted by Gasteiger charge is 2.07. The SMILES string of the molecule is C.Cc1ccc(C(=O)c2ccc(C)cc2)cc1. The van der Waals surface area contributed by atoms with Crippen molar-refractivity contribution in [3.8, 4) is 0 Å². The maximum Gasteiger partial charge on any atom is 0.193 e. The van der Waals surface area contributed by atoms with E-state index >= 15 is 0 Å². The third kappa shape index (κ3) is 3.04. The Hall–Kier alpha value is -1.89. The maximum atomic E-state index is 12.1. The molecule has 0 aliphatic rings. The van der Waals surface area contributed by atoms with Crippen molar-refractivity contribution in [2.75, 3.05) is 0 Å². The van der Waals surface area contributed by atoms with E-state index in [1.54, 1.807) is 0 Å². The van der Waals surface area contributed by atoms with Crippen LogP contribution in [0.5, 0.6) is 0 Å². The largest absolute Gasteiger partial charge is 0.289 e. The van der Waals surface area contributed by atoms with Crippen molar-refractivity contribution in [3.05, 3.63) is 70.8 Å². The van der Waals surface area contributed by atoms with Gasteiger partial charge in [0.2, 0.25) is 0 Å². The molecule has 0 aliphatic heterocycles. The molecule has 0 aliphatic carbocycles. The van der Waals surface area contributed by atoms with Gasteiger partial charge in [-0.15, -0.1) is 0 Å². The van der Waals surface area contributed by atoms with E-state index in [9.17, 15) is 4.79 Å². The molecule has 0 amide bonds. The molecule has 0 N–H and O–H groups in total. The molecule has 2 aromatic carbocycles. The average molecular weight is 226 g/mol. The van der Waals surface area contributed by atoms with Crippen molar-refractivity contribution in [2.24, 2.45) is 0 Å². The molecular formula is C16H18O. The van der Waals surface area contributed by atoms with E-state index in [2.05, 4.69) is 0 Å². The summed E-state index contributed by atoms with van der Waals surface area (Å²) in [4.78, 5) is 12.1. The molecule has 2 aromatic rings. The quantitative estimate of drug-likeness (QED) is 0.702. The Labute approximate surface area is 103 Å². The van der Waals surface area contributed by atoms with Gasteiger partial charge >= 0.3 is 0 Å². The lowest BCUT2D eigenvalue weighted by Gasteiger charge is -2.02. The first-order chi connectivity index (χ1) is 7.66. The summed E-state index contributed by atoms with van der Waals surface area (Å²) >= 11 is 0. The molecule has 0 spiro atoms. The van der Waals surface area contributed by atoms with Crippen molar-refractivity contribution in [3.63, 3.8) is 0 Å². The number of rotatable bonds is 2. The Bertz CT molecular complexity index is 445. The van der Waals surface area contributed by atoms with Gasteiger partial charge in [0.25, 0.3) is 0 Å². The topological polar surface area (TPSA) is 17.1 Å². The first-order valence-corrected chi connectivity index (χ1v) is 5.35. The molecule has 0 saturated heterocycles. The standard InChI is InChI=1S/C15H14O.CH4/c1-11-3-7-13(8-4-11)15(16)14-9-5-12(2)6-10-14;/h3-10H,1-2H3;1H4. The minimum atomic E-state index is 0. The van der Waals surface area contributed by atoms with Gasteiger partial charge in [0.05, 0.1) is 0 Å². The van der Waals surface area contributed by atoms with Crippen LogP contribution in [-0.4, -0.2) is 5.78 Å². The molecule has 1 heteroatoms. The summed E-state index contributed by atoms with van der Waals surface area (Å²) in [5.74, 6) is 0.0833. The molecule has 0 radical (unpaired) electrons. The van der Waals surface area contributed by atoms with Crippen molar-refractivity contribution >= 4 is 5.78 Å². The number of aryl methyl sites for hydroxylation is 2. The van der Waals surface area contributed by atoms with Gasteiger partial charge in [0.15, 0.2) is 5.78 Å². The molecule has 0 aromatic heterocycles. The molecule has 17 heavy (non-hydrogen) atoms. The van der Waals surface area contributed by atoms with E-state index in [-0.39, 0.29) is 13.2 Å². The van der Waals surface area contributed by atoms with Crippen LogP contribution in [0.15, 0.2) is 48.5 Å². The summed E-state index contributed by atoms with van der Waals surface area (Å²) in [5.41, 5.74) is 3.82. The van der Waals surface area contributed by atoms with Crippen LogP contribution in [0.1, 0.15) is 34.5 Å². The summed E-state index contributed by atoms with van der Waals surface area (Å²) in [6.07, 6.45) is 0. The van der Waals surface area contributed by atoms with Crippen LogP contribution in [-0.2, 0) is 0 Å². The van der Waals surface area contributed by atoms with Crippen LogP contribution in [0, 0.1) is 13.8 Å². The number of carbonyl (C=O) groups is 1. The van der Waals surface area contributed by atoms with E-state index in [0.29, 0.717) is 0 Å². The summed E-state index contributed by atoms with van der Waals surface area (Å²) < 4.78 is 0. The lowest BCUT2D eigenvalue weighted by atomic mass is 10.0. The third-order valence-corrected chi connectivity index (χ3v) is 2.63. The summed E-state index contributed by atoms with van der Waals surface area (Å²) in [6.45, 7) is 4.03. The minimum absolute atomic E-state index is 0. The van der Waals surface area contributed by atoms with Gasteiger partial charge in [-0.25, -0.2) is 0 Å². The van der Waals surface area contributed by atoms with E-state index < -0.39 is 0 Å². The number of benzene rings is 2. The van der Waals surface area contributed by atoms with E-state index in [0.717, 1.165) is 11.1 Å². The number of hydrogen-bond acceptors (Lipinski definition) is 1. The normalized spacial score (nSPS) is 9.53. The first kappa shape index (κ1) is 13.2. The van der Waals surface area contributed by atoms with Crippen molar-refractivity contribution in [1.29, 1.82) is 0 Å². The fraction of sp³-hybridized carbons (Fsp3) is 0.188. The molecule has 0 saturated carbocycles. The third-order valence-electron chi connectivity index (χ3n) is 2.63. The molecule has 2 rings (SSSR count). The second kappa shape index (κ2) is 5.44. The molecule has 0 bridgehead atoms. The highest BCUT2D eigenvalue weighted by Crippen LogP contribution is 2.11. The molecular weight excluding hydrogens is 208 g/mol. The highest BCUT2D eigenvalue weighted by atomic mass is 16.1. The average Bonchev–Trinajstić information content (AvgIpc) is 2.30. The van der Waals surface area contributed by atoms with Crippen molar-refractivity contribution in [1.82, 2.24) is 0 Å².